The van der Waals surface area contributed by atoms with Gasteiger partial charge in [-0.2, -0.15) is 0 Å². The SMILES string of the molecule is COCCOCc1cccc(NC(=O)[C@@H](N)C(C)C)c1. The maximum Gasteiger partial charge on any atom is 0.241 e. The lowest BCUT2D eigenvalue weighted by Gasteiger charge is -2.15. The van der Waals surface area contributed by atoms with Gasteiger partial charge < -0.3 is 20.5 Å². The van der Waals surface area contributed by atoms with E-state index in [2.05, 4.69) is 5.32 Å². The topological polar surface area (TPSA) is 73.6 Å². The van der Waals surface area contributed by atoms with Crippen molar-refractivity contribution in [2.45, 2.75) is 26.5 Å². The first-order chi connectivity index (χ1) is 9.54. The highest BCUT2D eigenvalue weighted by atomic mass is 16.5. The predicted molar refractivity (Wildman–Crippen MR) is 79.4 cm³/mol. The smallest absolute Gasteiger partial charge is 0.241 e. The number of hydrogen-bond donors (Lipinski definition) is 2. The highest BCUT2D eigenvalue weighted by Gasteiger charge is 2.17. The molecule has 5 heteroatoms. The molecule has 0 aliphatic rings. The highest BCUT2D eigenvalue weighted by Crippen LogP contribution is 2.12. The molecule has 0 fully saturated rings. The summed E-state index contributed by atoms with van der Waals surface area (Å²) >= 11 is 0. The minimum absolute atomic E-state index is 0.107. The van der Waals surface area contributed by atoms with Crippen LogP contribution in [0.1, 0.15) is 19.4 Å². The molecule has 1 aromatic carbocycles. The van der Waals surface area contributed by atoms with Crippen LogP contribution >= 0.6 is 0 Å². The summed E-state index contributed by atoms with van der Waals surface area (Å²) < 4.78 is 10.4. The van der Waals surface area contributed by atoms with Crippen LogP contribution in [0, 0.1) is 5.92 Å². The van der Waals surface area contributed by atoms with Crippen LogP contribution in [0.2, 0.25) is 0 Å². The molecule has 0 aliphatic heterocycles. The van der Waals surface area contributed by atoms with Gasteiger partial charge in [0.15, 0.2) is 0 Å². The second-order valence-corrected chi connectivity index (χ2v) is 5.00. The number of nitrogens with one attached hydrogen (secondary N) is 1. The molecular formula is C15H24N2O3. The Labute approximate surface area is 120 Å². The second kappa shape index (κ2) is 8.68. The molecule has 0 heterocycles. The van der Waals surface area contributed by atoms with Crippen LogP contribution in [0.3, 0.4) is 0 Å². The average Bonchev–Trinajstić information content (AvgIpc) is 2.43. The Kier molecular flexibility index (Phi) is 7.22. The van der Waals surface area contributed by atoms with Crippen molar-refractivity contribution in [1.82, 2.24) is 0 Å². The normalized spacial score (nSPS) is 12.4. The molecule has 1 aromatic rings. The molecule has 1 amide bonds. The van der Waals surface area contributed by atoms with E-state index in [9.17, 15) is 4.79 Å². The number of carbonyl (C=O) groups is 1. The third-order valence-electron chi connectivity index (χ3n) is 2.92. The Hall–Kier alpha value is -1.43. The number of benzene rings is 1. The standard InChI is InChI=1S/C15H24N2O3/c1-11(2)14(16)15(18)17-13-6-4-5-12(9-13)10-20-8-7-19-3/h4-6,9,11,14H,7-8,10,16H2,1-3H3,(H,17,18)/t14-/m0/s1. The summed E-state index contributed by atoms with van der Waals surface area (Å²) in [6.07, 6.45) is 0. The van der Waals surface area contributed by atoms with E-state index in [0.29, 0.717) is 19.8 Å². The predicted octanol–water partition coefficient (Wildman–Crippen LogP) is 1.77. The third kappa shape index (κ3) is 5.69. The minimum Gasteiger partial charge on any atom is -0.382 e. The van der Waals surface area contributed by atoms with Crippen molar-refractivity contribution in [3.05, 3.63) is 29.8 Å². The van der Waals surface area contributed by atoms with E-state index in [-0.39, 0.29) is 11.8 Å². The summed E-state index contributed by atoms with van der Waals surface area (Å²) in [5.41, 5.74) is 7.54. The Balaban J connectivity index is 2.53. The van der Waals surface area contributed by atoms with Crippen LogP contribution in [0.5, 0.6) is 0 Å². The molecule has 1 rings (SSSR count). The first-order valence-electron chi connectivity index (χ1n) is 6.76. The number of hydrogen-bond acceptors (Lipinski definition) is 4. The van der Waals surface area contributed by atoms with E-state index in [0.717, 1.165) is 11.3 Å². The van der Waals surface area contributed by atoms with Crippen LogP contribution in [0.4, 0.5) is 5.69 Å². The molecule has 0 unspecified atom stereocenters. The lowest BCUT2D eigenvalue weighted by molar-refractivity contribution is -0.118. The van der Waals surface area contributed by atoms with Gasteiger partial charge in [0, 0.05) is 12.8 Å². The molecule has 0 aromatic heterocycles. The molecule has 0 radical (unpaired) electrons. The quantitative estimate of drug-likeness (QED) is 0.712. The molecule has 20 heavy (non-hydrogen) atoms. The number of nitrogens with two attached hydrogens (primary N) is 1. The van der Waals surface area contributed by atoms with Gasteiger partial charge >= 0.3 is 0 Å². The lowest BCUT2D eigenvalue weighted by Crippen LogP contribution is -2.39. The molecule has 0 saturated carbocycles. The minimum atomic E-state index is -0.503. The molecule has 0 bridgehead atoms. The fourth-order valence-electron chi connectivity index (χ4n) is 1.60. The van der Waals surface area contributed by atoms with E-state index in [1.165, 1.54) is 0 Å². The van der Waals surface area contributed by atoms with Gasteiger partial charge in [0.1, 0.15) is 0 Å². The molecule has 112 valence electrons. The van der Waals surface area contributed by atoms with Crippen molar-refractivity contribution in [2.24, 2.45) is 11.7 Å². The van der Waals surface area contributed by atoms with Gasteiger partial charge in [0.2, 0.25) is 5.91 Å². The van der Waals surface area contributed by atoms with Gasteiger partial charge in [-0.1, -0.05) is 26.0 Å². The van der Waals surface area contributed by atoms with Gasteiger partial charge in [-0.15, -0.1) is 0 Å². The molecule has 0 aliphatic carbocycles. The zero-order chi connectivity index (χ0) is 15.0. The van der Waals surface area contributed by atoms with Crippen LogP contribution in [0.15, 0.2) is 24.3 Å². The zero-order valence-electron chi connectivity index (χ0n) is 12.4. The number of ether oxygens (including phenoxy) is 2. The van der Waals surface area contributed by atoms with Crippen LogP contribution in [-0.2, 0) is 20.9 Å². The Morgan fingerprint density at radius 1 is 1.35 bits per heavy atom. The first kappa shape index (κ1) is 16.6. The van der Waals surface area contributed by atoms with Crippen molar-refractivity contribution < 1.29 is 14.3 Å². The number of amides is 1. The summed E-state index contributed by atoms with van der Waals surface area (Å²) in [7, 11) is 1.64. The Bertz CT molecular complexity index is 421. The summed E-state index contributed by atoms with van der Waals surface area (Å²) in [4.78, 5) is 11.9. The number of methoxy groups -OCH3 is 1. The fraction of sp³-hybridized carbons (Fsp3) is 0.533. The Morgan fingerprint density at radius 2 is 2.10 bits per heavy atom. The van der Waals surface area contributed by atoms with E-state index in [4.69, 9.17) is 15.2 Å². The number of carbonyl (C=O) groups excluding carboxylic acids is 1. The van der Waals surface area contributed by atoms with Crippen molar-refractivity contribution >= 4 is 11.6 Å². The van der Waals surface area contributed by atoms with Gasteiger partial charge in [-0.05, 0) is 23.6 Å². The monoisotopic (exact) mass is 280 g/mol. The van der Waals surface area contributed by atoms with Gasteiger partial charge in [0.05, 0.1) is 25.9 Å². The maximum absolute atomic E-state index is 11.9. The van der Waals surface area contributed by atoms with Crippen molar-refractivity contribution in [2.75, 3.05) is 25.6 Å². The lowest BCUT2D eigenvalue weighted by atomic mass is 10.0. The number of anilines is 1. The summed E-state index contributed by atoms with van der Waals surface area (Å²) in [5, 5.41) is 2.82. The third-order valence-corrected chi connectivity index (χ3v) is 2.92. The van der Waals surface area contributed by atoms with E-state index in [1.54, 1.807) is 7.11 Å². The molecule has 1 atom stereocenters. The summed E-state index contributed by atoms with van der Waals surface area (Å²) in [5.74, 6) is -0.0620. The Morgan fingerprint density at radius 3 is 2.75 bits per heavy atom. The van der Waals surface area contributed by atoms with Gasteiger partial charge in [-0.25, -0.2) is 0 Å². The molecule has 0 spiro atoms. The van der Waals surface area contributed by atoms with Crippen LogP contribution in [0.25, 0.3) is 0 Å². The first-order valence-corrected chi connectivity index (χ1v) is 6.76. The van der Waals surface area contributed by atoms with E-state index < -0.39 is 6.04 Å². The molecule has 0 saturated heterocycles. The average molecular weight is 280 g/mol. The van der Waals surface area contributed by atoms with Crippen molar-refractivity contribution in [1.29, 1.82) is 0 Å². The van der Waals surface area contributed by atoms with E-state index in [1.807, 2.05) is 38.1 Å². The summed E-state index contributed by atoms with van der Waals surface area (Å²) in [6.45, 7) is 5.45. The van der Waals surface area contributed by atoms with Crippen LogP contribution < -0.4 is 11.1 Å². The molecule has 5 nitrogen and oxygen atoms in total. The maximum atomic E-state index is 11.9. The zero-order valence-corrected chi connectivity index (χ0v) is 12.4. The molecular weight excluding hydrogens is 256 g/mol. The molecule has 3 N–H and O–H groups in total. The van der Waals surface area contributed by atoms with E-state index >= 15 is 0 Å². The van der Waals surface area contributed by atoms with Crippen LogP contribution in [-0.4, -0.2) is 32.3 Å². The van der Waals surface area contributed by atoms with Gasteiger partial charge in [0.25, 0.3) is 0 Å². The highest BCUT2D eigenvalue weighted by molar-refractivity contribution is 5.94. The summed E-state index contributed by atoms with van der Waals surface area (Å²) in [6, 6.07) is 7.05. The number of rotatable bonds is 8. The largest absolute Gasteiger partial charge is 0.382 e. The second-order valence-electron chi connectivity index (χ2n) is 5.00. The van der Waals surface area contributed by atoms with Gasteiger partial charge in [-0.3, -0.25) is 4.79 Å². The van der Waals surface area contributed by atoms with Crippen molar-refractivity contribution in [3.63, 3.8) is 0 Å². The van der Waals surface area contributed by atoms with Crippen molar-refractivity contribution in [3.8, 4) is 0 Å². The fourth-order valence-corrected chi connectivity index (χ4v) is 1.60.